The average Bonchev–Trinajstić information content (AvgIpc) is 3.40. The van der Waals surface area contributed by atoms with Gasteiger partial charge in [-0.05, 0) is 31.4 Å². The maximum Gasteiger partial charge on any atom is 0.412 e. The quantitative estimate of drug-likeness (QED) is 0.626. The predicted octanol–water partition coefficient (Wildman–Crippen LogP) is 2.95. The third-order valence-electron chi connectivity index (χ3n) is 4.41. The summed E-state index contributed by atoms with van der Waals surface area (Å²) in [5.74, 6) is 0.954. The molecule has 1 aromatic carbocycles. The van der Waals surface area contributed by atoms with Crippen molar-refractivity contribution in [2.24, 2.45) is 0 Å². The van der Waals surface area contributed by atoms with E-state index in [2.05, 4.69) is 32.1 Å². The minimum absolute atomic E-state index is 0.353. The zero-order valence-corrected chi connectivity index (χ0v) is 15.5. The lowest BCUT2D eigenvalue weighted by Crippen LogP contribution is -2.22. The normalized spacial score (nSPS) is 13.0. The van der Waals surface area contributed by atoms with Gasteiger partial charge in [0.05, 0.1) is 11.9 Å². The summed E-state index contributed by atoms with van der Waals surface area (Å²) in [6, 6.07) is 9.69. The number of anilines is 3. The average molecular weight is 377 g/mol. The van der Waals surface area contributed by atoms with Gasteiger partial charge >= 0.3 is 6.09 Å². The molecule has 1 aliphatic carbocycles. The number of benzene rings is 1. The van der Waals surface area contributed by atoms with Gasteiger partial charge in [0.2, 0.25) is 0 Å². The molecule has 0 spiro atoms. The number of carbonyl (C=O) groups is 1. The van der Waals surface area contributed by atoms with Crippen LogP contribution < -0.4 is 20.7 Å². The Bertz CT molecular complexity index is 1100. The van der Waals surface area contributed by atoms with E-state index in [1.807, 2.05) is 19.1 Å². The molecule has 1 aliphatic rings. The zero-order valence-electron chi connectivity index (χ0n) is 15.5. The van der Waals surface area contributed by atoms with E-state index in [1.54, 1.807) is 12.1 Å². The third-order valence-corrected chi connectivity index (χ3v) is 4.41. The Kier molecular flexibility index (Phi) is 4.45. The van der Waals surface area contributed by atoms with E-state index in [0.717, 1.165) is 29.8 Å². The molecule has 0 bridgehead atoms. The molecule has 142 valence electrons. The van der Waals surface area contributed by atoms with Crippen molar-refractivity contribution in [3.63, 3.8) is 0 Å². The van der Waals surface area contributed by atoms with Gasteiger partial charge in [0, 0.05) is 30.9 Å². The van der Waals surface area contributed by atoms with E-state index in [9.17, 15) is 10.1 Å². The molecule has 9 heteroatoms. The van der Waals surface area contributed by atoms with Crippen molar-refractivity contribution in [3.05, 3.63) is 41.7 Å². The van der Waals surface area contributed by atoms with Gasteiger partial charge in [-0.3, -0.25) is 0 Å². The van der Waals surface area contributed by atoms with Crippen LogP contribution in [0.1, 0.15) is 24.1 Å². The van der Waals surface area contributed by atoms with Gasteiger partial charge in [-0.2, -0.15) is 9.78 Å². The molecule has 0 saturated heterocycles. The van der Waals surface area contributed by atoms with Crippen molar-refractivity contribution in [1.29, 1.82) is 5.26 Å². The summed E-state index contributed by atoms with van der Waals surface area (Å²) < 4.78 is 6.72. The molecule has 0 unspecified atom stereocenters. The van der Waals surface area contributed by atoms with Crippen LogP contribution in [0.2, 0.25) is 0 Å². The van der Waals surface area contributed by atoms with E-state index in [4.69, 9.17) is 4.74 Å². The van der Waals surface area contributed by atoms with Crippen molar-refractivity contribution in [3.8, 4) is 11.8 Å². The van der Waals surface area contributed by atoms with Crippen LogP contribution in [0.15, 0.2) is 30.5 Å². The number of hydrogen-bond acceptors (Lipinski definition) is 7. The highest BCUT2D eigenvalue weighted by atomic mass is 16.5. The highest BCUT2D eigenvalue weighted by molar-refractivity contribution is 5.75. The van der Waals surface area contributed by atoms with Crippen LogP contribution in [0.4, 0.5) is 22.0 Å². The molecule has 0 radical (unpaired) electrons. The second-order valence-corrected chi connectivity index (χ2v) is 6.59. The molecule has 0 aliphatic heterocycles. The van der Waals surface area contributed by atoms with E-state index in [0.29, 0.717) is 29.0 Å². The van der Waals surface area contributed by atoms with Crippen molar-refractivity contribution >= 4 is 28.9 Å². The molecule has 1 saturated carbocycles. The minimum Gasteiger partial charge on any atom is -0.410 e. The fourth-order valence-corrected chi connectivity index (χ4v) is 2.75. The molecular weight excluding hydrogens is 358 g/mol. The summed E-state index contributed by atoms with van der Waals surface area (Å²) in [5.41, 5.74) is 3.48. The summed E-state index contributed by atoms with van der Waals surface area (Å²) in [4.78, 5) is 15.8. The molecule has 2 aromatic heterocycles. The first kappa shape index (κ1) is 17.6. The SMILES string of the molecule is CNC(=O)Oc1ccc(C)c(Nc2cc(NC3CC3)c3ncc(C#N)n3n2)c1. The zero-order chi connectivity index (χ0) is 19.7. The maximum absolute atomic E-state index is 11.5. The Morgan fingerprint density at radius 2 is 2.14 bits per heavy atom. The second kappa shape index (κ2) is 7.08. The summed E-state index contributed by atoms with van der Waals surface area (Å²) in [7, 11) is 1.50. The second-order valence-electron chi connectivity index (χ2n) is 6.59. The van der Waals surface area contributed by atoms with Crippen molar-refractivity contribution in [2.75, 3.05) is 17.7 Å². The Labute approximate surface area is 161 Å². The Balaban J connectivity index is 1.70. The number of rotatable bonds is 5. The number of imidazole rings is 1. The first-order chi connectivity index (χ1) is 13.6. The van der Waals surface area contributed by atoms with Crippen molar-refractivity contribution in [1.82, 2.24) is 19.9 Å². The van der Waals surface area contributed by atoms with E-state index < -0.39 is 6.09 Å². The number of fused-ring (bicyclic) bond motifs is 1. The molecule has 2 heterocycles. The van der Waals surface area contributed by atoms with E-state index in [-0.39, 0.29) is 0 Å². The van der Waals surface area contributed by atoms with Crippen molar-refractivity contribution in [2.45, 2.75) is 25.8 Å². The molecule has 28 heavy (non-hydrogen) atoms. The van der Waals surface area contributed by atoms with Gasteiger partial charge in [0.15, 0.2) is 17.2 Å². The van der Waals surface area contributed by atoms with Gasteiger partial charge in [0.1, 0.15) is 11.8 Å². The Hall–Kier alpha value is -3.80. The van der Waals surface area contributed by atoms with Gasteiger partial charge in [0.25, 0.3) is 0 Å². The number of nitrogens with one attached hydrogen (secondary N) is 3. The van der Waals surface area contributed by atoms with Gasteiger partial charge < -0.3 is 20.7 Å². The molecule has 1 fully saturated rings. The van der Waals surface area contributed by atoms with Crippen LogP contribution in [0.25, 0.3) is 5.65 Å². The lowest BCUT2D eigenvalue weighted by molar-refractivity contribution is 0.203. The number of aromatic nitrogens is 3. The van der Waals surface area contributed by atoms with Crippen LogP contribution in [-0.2, 0) is 0 Å². The molecular formula is C19H19N7O2. The van der Waals surface area contributed by atoms with E-state index >= 15 is 0 Å². The number of nitriles is 1. The maximum atomic E-state index is 11.5. The summed E-state index contributed by atoms with van der Waals surface area (Å²) in [5, 5.41) is 22.9. The van der Waals surface area contributed by atoms with Crippen LogP contribution in [-0.4, -0.2) is 33.8 Å². The third kappa shape index (κ3) is 3.53. The van der Waals surface area contributed by atoms with Crippen molar-refractivity contribution < 1.29 is 9.53 Å². The smallest absolute Gasteiger partial charge is 0.410 e. The minimum atomic E-state index is -0.539. The predicted molar refractivity (Wildman–Crippen MR) is 104 cm³/mol. The molecule has 3 N–H and O–H groups in total. The lowest BCUT2D eigenvalue weighted by Gasteiger charge is -2.13. The molecule has 4 rings (SSSR count). The topological polar surface area (TPSA) is 116 Å². The fourth-order valence-electron chi connectivity index (χ4n) is 2.75. The molecule has 0 atom stereocenters. The monoisotopic (exact) mass is 377 g/mol. The Morgan fingerprint density at radius 1 is 1.32 bits per heavy atom. The highest BCUT2D eigenvalue weighted by Crippen LogP contribution is 2.30. The molecule has 1 amide bonds. The number of carbonyl (C=O) groups excluding carboxylic acids is 1. The largest absolute Gasteiger partial charge is 0.412 e. The van der Waals surface area contributed by atoms with Crippen LogP contribution in [0.5, 0.6) is 5.75 Å². The number of ether oxygens (including phenoxy) is 1. The number of amides is 1. The van der Waals surface area contributed by atoms with Crippen LogP contribution in [0.3, 0.4) is 0 Å². The molecule has 3 aromatic rings. The van der Waals surface area contributed by atoms with Crippen LogP contribution >= 0.6 is 0 Å². The fraction of sp³-hybridized carbons (Fsp3) is 0.263. The summed E-state index contributed by atoms with van der Waals surface area (Å²) in [6.45, 7) is 1.94. The Morgan fingerprint density at radius 3 is 2.86 bits per heavy atom. The number of nitrogens with zero attached hydrogens (tertiary/aromatic N) is 4. The first-order valence-electron chi connectivity index (χ1n) is 8.90. The number of hydrogen-bond donors (Lipinski definition) is 3. The van der Waals surface area contributed by atoms with Gasteiger partial charge in [-0.15, -0.1) is 5.10 Å². The first-order valence-corrected chi connectivity index (χ1v) is 8.90. The standard InChI is InChI=1S/C19H19N7O2/c1-11-3-6-14(28-19(27)21-2)7-15(11)24-17-8-16(23-12-4-5-12)18-22-10-13(9-20)26(18)25-17/h3,6-8,10,12,23H,4-5H2,1-2H3,(H,21,27)(H,24,25). The van der Waals surface area contributed by atoms with Crippen LogP contribution in [0, 0.1) is 18.3 Å². The highest BCUT2D eigenvalue weighted by Gasteiger charge is 2.23. The van der Waals surface area contributed by atoms with E-state index in [1.165, 1.54) is 17.8 Å². The van der Waals surface area contributed by atoms with Gasteiger partial charge in [-0.1, -0.05) is 6.07 Å². The summed E-state index contributed by atoms with van der Waals surface area (Å²) in [6.07, 6.45) is 3.19. The summed E-state index contributed by atoms with van der Waals surface area (Å²) >= 11 is 0. The number of aryl methyl sites for hydroxylation is 1. The molecule has 9 nitrogen and oxygen atoms in total. The lowest BCUT2D eigenvalue weighted by atomic mass is 10.2. The van der Waals surface area contributed by atoms with Gasteiger partial charge in [-0.25, -0.2) is 9.78 Å².